The maximum atomic E-state index is 10.3. The zero-order valence-electron chi connectivity index (χ0n) is 16.8. The molecule has 0 amide bonds. The number of phenolic OH excluding ortho intramolecular Hbond substituents is 1. The van der Waals surface area contributed by atoms with Gasteiger partial charge in [-0.25, -0.2) is 0 Å². The van der Waals surface area contributed by atoms with Crippen molar-refractivity contribution in [2.24, 2.45) is 0 Å². The van der Waals surface area contributed by atoms with Crippen LogP contribution in [0.25, 0.3) is 0 Å². The normalized spacial score (nSPS) is 11.2. The van der Waals surface area contributed by atoms with E-state index in [0.29, 0.717) is 11.7 Å². The van der Waals surface area contributed by atoms with Gasteiger partial charge in [-0.2, -0.15) is 0 Å². The van der Waals surface area contributed by atoms with Gasteiger partial charge in [-0.3, -0.25) is 0 Å². The molecule has 0 aliphatic carbocycles. The highest BCUT2D eigenvalue weighted by molar-refractivity contribution is 5.43. The first kappa shape index (κ1) is 20.1. The molecular weight excluding hydrogens is 326 g/mol. The van der Waals surface area contributed by atoms with Crippen LogP contribution in [0.1, 0.15) is 42.0 Å². The van der Waals surface area contributed by atoms with Crippen LogP contribution < -0.4 is 9.47 Å². The number of aryl methyl sites for hydroxylation is 1. The van der Waals surface area contributed by atoms with Gasteiger partial charge in [0.1, 0.15) is 5.75 Å². The van der Waals surface area contributed by atoms with E-state index in [0.717, 1.165) is 42.1 Å². The summed E-state index contributed by atoms with van der Waals surface area (Å²) < 4.78 is 10.7. The fraction of sp³-hybridized carbons (Fsp3) is 0.455. The average Bonchev–Trinajstić information content (AvgIpc) is 2.61. The summed E-state index contributed by atoms with van der Waals surface area (Å²) in [5.41, 5.74) is 4.62. The Kier molecular flexibility index (Phi) is 6.92. The number of rotatable bonds is 8. The van der Waals surface area contributed by atoms with E-state index in [1.54, 1.807) is 14.2 Å². The third kappa shape index (κ3) is 4.92. The monoisotopic (exact) mass is 357 g/mol. The lowest BCUT2D eigenvalue weighted by Crippen LogP contribution is -2.21. The van der Waals surface area contributed by atoms with Gasteiger partial charge in [0.2, 0.25) is 0 Å². The van der Waals surface area contributed by atoms with Crippen molar-refractivity contribution >= 4 is 0 Å². The van der Waals surface area contributed by atoms with Crippen LogP contribution in [0.2, 0.25) is 0 Å². The molecule has 26 heavy (non-hydrogen) atoms. The molecule has 0 atom stereocenters. The number of hydrogen-bond acceptors (Lipinski definition) is 4. The number of phenols is 1. The maximum Gasteiger partial charge on any atom is 0.160 e. The molecule has 0 aliphatic rings. The average molecular weight is 357 g/mol. The predicted molar refractivity (Wildman–Crippen MR) is 107 cm³/mol. The van der Waals surface area contributed by atoms with Crippen molar-refractivity contribution in [3.05, 3.63) is 52.6 Å². The van der Waals surface area contributed by atoms with Crippen LogP contribution >= 0.6 is 0 Å². The molecular formula is C22H31NO3. The van der Waals surface area contributed by atoms with E-state index in [-0.39, 0.29) is 0 Å². The minimum absolute atomic E-state index is 0.380. The fourth-order valence-corrected chi connectivity index (χ4v) is 3.23. The molecule has 142 valence electrons. The van der Waals surface area contributed by atoms with Crippen LogP contribution in [0.4, 0.5) is 0 Å². The number of aromatic hydroxyl groups is 1. The molecule has 0 fully saturated rings. The van der Waals surface area contributed by atoms with Gasteiger partial charge in [0, 0.05) is 18.7 Å². The van der Waals surface area contributed by atoms with Crippen LogP contribution in [-0.4, -0.2) is 37.8 Å². The van der Waals surface area contributed by atoms with Crippen molar-refractivity contribution in [1.29, 1.82) is 0 Å². The van der Waals surface area contributed by atoms with Gasteiger partial charge in [0.05, 0.1) is 14.2 Å². The van der Waals surface area contributed by atoms with Crippen LogP contribution in [0, 0.1) is 6.92 Å². The summed E-state index contributed by atoms with van der Waals surface area (Å²) in [7, 11) is 5.38. The zero-order valence-corrected chi connectivity index (χ0v) is 16.8. The SMILES string of the molecule is COc1ccc(CCN(C)Cc2cc(C(C)C)c(C)cc2O)cc1OC. The molecule has 2 aromatic carbocycles. The first-order valence-corrected chi connectivity index (χ1v) is 9.07. The standard InChI is InChI=1S/C22H31NO3/c1-15(2)19-13-18(20(24)11-16(19)3)14-23(4)10-9-17-7-8-21(25-5)22(12-17)26-6/h7-8,11-13,15,24H,9-10,14H2,1-6H3. The lowest BCUT2D eigenvalue weighted by molar-refractivity contribution is 0.323. The molecule has 0 radical (unpaired) electrons. The van der Waals surface area contributed by atoms with Crippen molar-refractivity contribution in [2.45, 2.75) is 39.7 Å². The molecule has 2 aromatic rings. The van der Waals surface area contributed by atoms with Crippen molar-refractivity contribution in [1.82, 2.24) is 4.90 Å². The minimum atomic E-state index is 0.380. The molecule has 4 heteroatoms. The molecule has 0 saturated heterocycles. The molecule has 2 rings (SSSR count). The van der Waals surface area contributed by atoms with Crippen LogP contribution in [0.5, 0.6) is 17.2 Å². The Morgan fingerprint density at radius 3 is 2.35 bits per heavy atom. The van der Waals surface area contributed by atoms with Crippen LogP contribution in [-0.2, 0) is 13.0 Å². The van der Waals surface area contributed by atoms with E-state index in [4.69, 9.17) is 9.47 Å². The zero-order chi connectivity index (χ0) is 19.3. The summed E-state index contributed by atoms with van der Waals surface area (Å²) in [6.45, 7) is 8.03. The van der Waals surface area contributed by atoms with Crippen LogP contribution in [0.3, 0.4) is 0 Å². The van der Waals surface area contributed by atoms with E-state index < -0.39 is 0 Å². The Hall–Kier alpha value is -2.20. The molecule has 0 heterocycles. The predicted octanol–water partition coefficient (Wildman–Crippen LogP) is 4.52. The largest absolute Gasteiger partial charge is 0.508 e. The molecule has 1 N–H and O–H groups in total. The summed E-state index contributed by atoms with van der Waals surface area (Å²) in [5.74, 6) is 2.33. The van der Waals surface area contributed by atoms with Gasteiger partial charge < -0.3 is 19.5 Å². The summed E-state index contributed by atoms with van der Waals surface area (Å²) >= 11 is 0. The second kappa shape index (κ2) is 8.95. The Bertz CT molecular complexity index is 740. The van der Waals surface area contributed by atoms with Crippen molar-refractivity contribution < 1.29 is 14.6 Å². The first-order valence-electron chi connectivity index (χ1n) is 9.07. The number of likely N-dealkylation sites (N-methyl/N-ethyl adjacent to an activating group) is 1. The molecule has 0 spiro atoms. The quantitative estimate of drug-likeness (QED) is 0.754. The van der Waals surface area contributed by atoms with E-state index >= 15 is 0 Å². The Balaban J connectivity index is 2.03. The lowest BCUT2D eigenvalue weighted by atomic mass is 9.95. The van der Waals surface area contributed by atoms with Gasteiger partial charge >= 0.3 is 0 Å². The second-order valence-corrected chi connectivity index (χ2v) is 7.17. The topological polar surface area (TPSA) is 41.9 Å². The summed E-state index contributed by atoms with van der Waals surface area (Å²) in [6, 6.07) is 10.0. The molecule has 0 saturated carbocycles. The third-order valence-corrected chi connectivity index (χ3v) is 4.76. The minimum Gasteiger partial charge on any atom is -0.508 e. The summed E-state index contributed by atoms with van der Waals surface area (Å²) in [4.78, 5) is 2.23. The van der Waals surface area contributed by atoms with Crippen molar-refractivity contribution in [2.75, 3.05) is 27.8 Å². The summed E-state index contributed by atoms with van der Waals surface area (Å²) in [5, 5.41) is 10.3. The number of hydrogen-bond donors (Lipinski definition) is 1. The number of nitrogens with zero attached hydrogens (tertiary/aromatic N) is 1. The highest BCUT2D eigenvalue weighted by Gasteiger charge is 2.12. The van der Waals surface area contributed by atoms with Gasteiger partial charge in [-0.05, 0) is 61.2 Å². The molecule has 0 aliphatic heterocycles. The van der Waals surface area contributed by atoms with Gasteiger partial charge in [-0.1, -0.05) is 26.0 Å². The van der Waals surface area contributed by atoms with Crippen molar-refractivity contribution in [3.63, 3.8) is 0 Å². The van der Waals surface area contributed by atoms with Gasteiger partial charge in [0.15, 0.2) is 11.5 Å². The highest BCUT2D eigenvalue weighted by Crippen LogP contribution is 2.29. The number of benzene rings is 2. The van der Waals surface area contributed by atoms with E-state index in [1.807, 2.05) is 18.2 Å². The highest BCUT2D eigenvalue weighted by atomic mass is 16.5. The van der Waals surface area contributed by atoms with Gasteiger partial charge in [0.25, 0.3) is 0 Å². The maximum absolute atomic E-state index is 10.3. The number of methoxy groups -OCH3 is 2. The van der Waals surface area contributed by atoms with E-state index in [2.05, 4.69) is 44.9 Å². The second-order valence-electron chi connectivity index (χ2n) is 7.17. The van der Waals surface area contributed by atoms with Crippen LogP contribution in [0.15, 0.2) is 30.3 Å². The lowest BCUT2D eigenvalue weighted by Gasteiger charge is -2.20. The first-order chi connectivity index (χ1) is 12.3. The van der Waals surface area contributed by atoms with Gasteiger partial charge in [-0.15, -0.1) is 0 Å². The Morgan fingerprint density at radius 2 is 1.73 bits per heavy atom. The molecule has 0 bridgehead atoms. The molecule has 0 aromatic heterocycles. The molecule has 4 nitrogen and oxygen atoms in total. The Morgan fingerprint density at radius 1 is 1.04 bits per heavy atom. The van der Waals surface area contributed by atoms with E-state index in [1.165, 1.54) is 11.1 Å². The third-order valence-electron chi connectivity index (χ3n) is 4.76. The Labute approximate surface area is 157 Å². The smallest absolute Gasteiger partial charge is 0.160 e. The van der Waals surface area contributed by atoms with E-state index in [9.17, 15) is 5.11 Å². The fourth-order valence-electron chi connectivity index (χ4n) is 3.23. The molecule has 0 unspecified atom stereocenters. The van der Waals surface area contributed by atoms with Crippen molar-refractivity contribution in [3.8, 4) is 17.2 Å². The number of ether oxygens (including phenoxy) is 2. The summed E-state index contributed by atoms with van der Waals surface area (Å²) in [6.07, 6.45) is 0.903.